The first-order chi connectivity index (χ1) is 19.5. The predicted molar refractivity (Wildman–Crippen MR) is 150 cm³/mol. The second-order valence-corrected chi connectivity index (χ2v) is 9.39. The van der Waals surface area contributed by atoms with E-state index in [-0.39, 0.29) is 17.7 Å². The van der Waals surface area contributed by atoms with Crippen molar-refractivity contribution < 1.29 is 18.7 Å². The zero-order valence-corrected chi connectivity index (χ0v) is 22.3. The highest BCUT2D eigenvalue weighted by Gasteiger charge is 2.36. The lowest BCUT2D eigenvalue weighted by molar-refractivity contribution is -0.141. The number of rotatable bonds is 9. The summed E-state index contributed by atoms with van der Waals surface area (Å²) in [5.41, 5.74) is 3.42. The average molecular weight is 533 g/mol. The Morgan fingerprint density at radius 2 is 1.88 bits per heavy atom. The van der Waals surface area contributed by atoms with Crippen LogP contribution in [0.25, 0.3) is 23.0 Å². The van der Waals surface area contributed by atoms with Crippen LogP contribution in [0.15, 0.2) is 100 Å². The molecule has 5 rings (SSSR count). The zero-order chi connectivity index (χ0) is 28.1. The summed E-state index contributed by atoms with van der Waals surface area (Å²) in [5.74, 6) is 0.0182. The van der Waals surface area contributed by atoms with Crippen LogP contribution in [0.5, 0.6) is 5.75 Å². The van der Waals surface area contributed by atoms with E-state index >= 15 is 0 Å². The molecule has 0 fully saturated rings. The van der Waals surface area contributed by atoms with Gasteiger partial charge >= 0.3 is 0 Å². The van der Waals surface area contributed by atoms with Gasteiger partial charge in [-0.2, -0.15) is 10.4 Å². The molecule has 0 atom stereocenters. The number of carbonyl (C=O) groups is 2. The number of imide groups is 1. The second-order valence-electron chi connectivity index (χ2n) is 9.39. The SMILES string of the molecule is CCCCOc1cccc(-c2nn(-c3ccccc3)cc2/C=C2/C(=O)N(Cc3ccco3)C(=O)C(C#N)=C2C)c1. The topological polar surface area (TPSA) is 101 Å². The molecule has 0 bridgehead atoms. The van der Waals surface area contributed by atoms with Crippen molar-refractivity contribution >= 4 is 17.9 Å². The van der Waals surface area contributed by atoms with Crippen LogP contribution in [0.1, 0.15) is 38.0 Å². The maximum absolute atomic E-state index is 13.7. The van der Waals surface area contributed by atoms with Gasteiger partial charge in [0.25, 0.3) is 11.8 Å². The molecule has 200 valence electrons. The third-order valence-corrected chi connectivity index (χ3v) is 6.66. The van der Waals surface area contributed by atoms with E-state index in [2.05, 4.69) is 6.92 Å². The van der Waals surface area contributed by atoms with Crippen LogP contribution in [0.3, 0.4) is 0 Å². The van der Waals surface area contributed by atoms with Crippen molar-refractivity contribution in [2.45, 2.75) is 33.2 Å². The number of unbranched alkanes of at least 4 members (excludes halogenated alkanes) is 1. The first-order valence-electron chi connectivity index (χ1n) is 13.1. The van der Waals surface area contributed by atoms with Crippen LogP contribution >= 0.6 is 0 Å². The Balaban J connectivity index is 1.62. The predicted octanol–water partition coefficient (Wildman–Crippen LogP) is 6.10. The summed E-state index contributed by atoms with van der Waals surface area (Å²) in [4.78, 5) is 27.8. The number of para-hydroxylation sites is 1. The highest BCUT2D eigenvalue weighted by atomic mass is 16.5. The monoisotopic (exact) mass is 532 g/mol. The van der Waals surface area contributed by atoms with Crippen molar-refractivity contribution in [3.8, 4) is 28.8 Å². The van der Waals surface area contributed by atoms with E-state index in [1.54, 1.807) is 29.8 Å². The van der Waals surface area contributed by atoms with E-state index < -0.39 is 11.8 Å². The highest BCUT2D eigenvalue weighted by Crippen LogP contribution is 2.33. The van der Waals surface area contributed by atoms with E-state index in [9.17, 15) is 14.9 Å². The largest absolute Gasteiger partial charge is 0.494 e. The fourth-order valence-corrected chi connectivity index (χ4v) is 4.48. The van der Waals surface area contributed by atoms with Gasteiger partial charge in [-0.05, 0) is 61.4 Å². The summed E-state index contributed by atoms with van der Waals surface area (Å²) in [5, 5.41) is 14.7. The molecule has 1 aliphatic rings. The van der Waals surface area contributed by atoms with Crippen LogP contribution < -0.4 is 4.74 Å². The van der Waals surface area contributed by atoms with Crippen LogP contribution in [-0.2, 0) is 16.1 Å². The van der Waals surface area contributed by atoms with Crippen LogP contribution in [0.2, 0.25) is 0 Å². The van der Waals surface area contributed by atoms with E-state index in [1.165, 1.54) is 6.26 Å². The molecule has 8 nitrogen and oxygen atoms in total. The van der Waals surface area contributed by atoms with E-state index in [4.69, 9.17) is 14.3 Å². The van der Waals surface area contributed by atoms with Gasteiger partial charge in [0, 0.05) is 22.9 Å². The van der Waals surface area contributed by atoms with Crippen molar-refractivity contribution in [2.75, 3.05) is 6.61 Å². The quantitative estimate of drug-likeness (QED) is 0.147. The smallest absolute Gasteiger partial charge is 0.272 e. The van der Waals surface area contributed by atoms with Crippen molar-refractivity contribution in [2.24, 2.45) is 0 Å². The maximum Gasteiger partial charge on any atom is 0.272 e. The molecule has 0 unspecified atom stereocenters. The minimum absolute atomic E-state index is 0.0756. The van der Waals surface area contributed by atoms with Gasteiger partial charge in [0.1, 0.15) is 28.8 Å². The lowest BCUT2D eigenvalue weighted by Crippen LogP contribution is -2.42. The zero-order valence-electron chi connectivity index (χ0n) is 22.3. The molecule has 4 aromatic rings. The molecule has 0 spiro atoms. The molecule has 0 aliphatic carbocycles. The number of nitrogens with zero attached hydrogens (tertiary/aromatic N) is 4. The van der Waals surface area contributed by atoms with E-state index in [0.29, 0.717) is 29.2 Å². The summed E-state index contributed by atoms with van der Waals surface area (Å²) in [6.45, 7) is 4.27. The number of hydrogen-bond acceptors (Lipinski definition) is 6. The van der Waals surface area contributed by atoms with Gasteiger partial charge in [-0.1, -0.05) is 43.7 Å². The molecule has 8 heteroatoms. The summed E-state index contributed by atoms with van der Waals surface area (Å²) >= 11 is 0. The van der Waals surface area contributed by atoms with Crippen LogP contribution in [0, 0.1) is 11.3 Å². The highest BCUT2D eigenvalue weighted by molar-refractivity contribution is 6.19. The number of nitriles is 1. The molecular formula is C32H28N4O4. The van der Waals surface area contributed by atoms with Gasteiger partial charge in [0.2, 0.25) is 0 Å². The van der Waals surface area contributed by atoms with Crippen LogP contribution in [0.4, 0.5) is 0 Å². The fraction of sp³-hybridized carbons (Fsp3) is 0.188. The number of aromatic nitrogens is 2. The molecule has 1 aliphatic heterocycles. The second kappa shape index (κ2) is 11.7. The average Bonchev–Trinajstić information content (AvgIpc) is 3.65. The summed E-state index contributed by atoms with van der Waals surface area (Å²) in [6.07, 6.45) is 6.99. The Kier molecular flexibility index (Phi) is 7.74. The molecule has 0 radical (unpaired) electrons. The summed E-state index contributed by atoms with van der Waals surface area (Å²) in [6, 6.07) is 22.7. The summed E-state index contributed by atoms with van der Waals surface area (Å²) in [7, 11) is 0. The van der Waals surface area contributed by atoms with Gasteiger partial charge in [-0.25, -0.2) is 4.68 Å². The number of hydrogen-bond donors (Lipinski definition) is 0. The number of ether oxygens (including phenoxy) is 1. The molecule has 40 heavy (non-hydrogen) atoms. The number of benzene rings is 2. The molecule has 0 saturated heterocycles. The molecular weight excluding hydrogens is 504 g/mol. The maximum atomic E-state index is 13.7. The Hall–Kier alpha value is -5.16. The molecule has 0 N–H and O–H groups in total. The first kappa shape index (κ1) is 26.4. The van der Waals surface area contributed by atoms with Crippen molar-refractivity contribution in [1.29, 1.82) is 5.26 Å². The van der Waals surface area contributed by atoms with E-state index in [0.717, 1.165) is 34.7 Å². The summed E-state index contributed by atoms with van der Waals surface area (Å²) < 4.78 is 13.0. The van der Waals surface area contributed by atoms with Crippen molar-refractivity contribution in [3.05, 3.63) is 107 Å². The number of carbonyl (C=O) groups excluding carboxylic acids is 2. The fourth-order valence-electron chi connectivity index (χ4n) is 4.48. The first-order valence-corrected chi connectivity index (χ1v) is 13.1. The van der Waals surface area contributed by atoms with Gasteiger partial charge < -0.3 is 9.15 Å². The Bertz CT molecular complexity index is 1640. The Morgan fingerprint density at radius 1 is 1.05 bits per heavy atom. The lowest BCUT2D eigenvalue weighted by atomic mass is 9.93. The molecule has 2 aromatic carbocycles. The van der Waals surface area contributed by atoms with Gasteiger partial charge in [0.15, 0.2) is 0 Å². The van der Waals surface area contributed by atoms with Gasteiger partial charge in [0.05, 0.1) is 25.1 Å². The lowest BCUT2D eigenvalue weighted by Gasteiger charge is -2.26. The molecule has 2 aromatic heterocycles. The van der Waals surface area contributed by atoms with Crippen LogP contribution in [-0.4, -0.2) is 33.1 Å². The van der Waals surface area contributed by atoms with E-state index in [1.807, 2.05) is 66.9 Å². The minimum Gasteiger partial charge on any atom is -0.494 e. The Labute approximate surface area is 232 Å². The third-order valence-electron chi connectivity index (χ3n) is 6.66. The van der Waals surface area contributed by atoms with Gasteiger partial charge in [-0.3, -0.25) is 14.5 Å². The van der Waals surface area contributed by atoms with Crippen molar-refractivity contribution in [1.82, 2.24) is 14.7 Å². The molecule has 0 saturated carbocycles. The molecule has 2 amide bonds. The number of amides is 2. The molecule has 3 heterocycles. The number of furan rings is 1. The Morgan fingerprint density at radius 3 is 2.60 bits per heavy atom. The standard InChI is InChI=1S/C32H28N4O4/c1-3-4-15-39-26-13-8-10-23(17-26)30-24(20-36(34-30)25-11-6-5-7-12-25)18-28-22(2)29(19-33)32(38)35(31(28)37)21-27-14-9-16-40-27/h5-14,16-18,20H,3-4,15,21H2,1-2H3/b28-18+. The minimum atomic E-state index is -0.643. The normalized spacial score (nSPS) is 14.6. The van der Waals surface area contributed by atoms with Crippen molar-refractivity contribution in [3.63, 3.8) is 0 Å². The van der Waals surface area contributed by atoms with Gasteiger partial charge in [-0.15, -0.1) is 0 Å². The third kappa shape index (κ3) is 5.36.